The standard InChI is InChI=1S/C31H34ClFN4O8S2/c1-31(2)12-21(35-20-5-3-4-18(11-20)27-25(32)26(45-15-24(38)39)28(46-27)30(41)42)8-9-37(31)47(43,44)16-17-6-7-22(33)23(10-17)36-29(40)19-13-34-14-19/h3-7,10-11,19,21,34-35H,8-9,12-16H2,1-2H3,(H,36,40)(H,38,39)(H,41,42)/t21-/m1/s1. The van der Waals surface area contributed by atoms with Crippen LogP contribution in [0.5, 0.6) is 5.75 Å². The Kier molecular flexibility index (Phi) is 10.1. The first-order valence-electron chi connectivity index (χ1n) is 14.7. The van der Waals surface area contributed by atoms with Gasteiger partial charge in [0, 0.05) is 36.9 Å². The van der Waals surface area contributed by atoms with Crippen LogP contribution in [0.1, 0.15) is 41.9 Å². The van der Waals surface area contributed by atoms with E-state index in [1.165, 1.54) is 16.4 Å². The number of carboxylic acid groups (broad SMARTS) is 2. The normalized spacial score (nSPS) is 18.3. The van der Waals surface area contributed by atoms with Crippen molar-refractivity contribution in [3.05, 3.63) is 63.7 Å². The number of sulfonamides is 1. The molecule has 1 atom stereocenters. The number of carbonyl (C=O) groups is 3. The fourth-order valence-corrected chi connectivity index (χ4v) is 9.12. The summed E-state index contributed by atoms with van der Waals surface area (Å²) >= 11 is 7.33. The number of carboxylic acids is 2. The van der Waals surface area contributed by atoms with Crippen molar-refractivity contribution in [3.8, 4) is 16.2 Å². The number of halogens is 2. The third-order valence-electron chi connectivity index (χ3n) is 8.07. The van der Waals surface area contributed by atoms with Crippen LogP contribution >= 0.6 is 22.9 Å². The molecule has 12 nitrogen and oxygen atoms in total. The Morgan fingerprint density at radius 3 is 2.55 bits per heavy atom. The van der Waals surface area contributed by atoms with E-state index in [1.54, 1.807) is 18.2 Å². The van der Waals surface area contributed by atoms with Crippen LogP contribution in [0.25, 0.3) is 10.4 Å². The topological polar surface area (TPSA) is 174 Å². The number of carbonyl (C=O) groups excluding carboxylic acids is 1. The maximum Gasteiger partial charge on any atom is 0.349 e. The Labute approximate surface area is 279 Å². The number of thiophene rings is 1. The summed E-state index contributed by atoms with van der Waals surface area (Å²) in [6, 6.07) is 10.9. The van der Waals surface area contributed by atoms with Gasteiger partial charge < -0.3 is 30.9 Å². The molecule has 2 aromatic carbocycles. The highest BCUT2D eigenvalue weighted by Crippen LogP contribution is 2.46. The first-order chi connectivity index (χ1) is 22.1. The highest BCUT2D eigenvalue weighted by atomic mass is 35.5. The van der Waals surface area contributed by atoms with E-state index < -0.39 is 39.9 Å². The zero-order chi connectivity index (χ0) is 34.1. The van der Waals surface area contributed by atoms with Crippen LogP contribution < -0.4 is 20.7 Å². The van der Waals surface area contributed by atoms with Crippen LogP contribution in [0.15, 0.2) is 42.5 Å². The van der Waals surface area contributed by atoms with Gasteiger partial charge in [0.1, 0.15) is 10.8 Å². The quantitative estimate of drug-likeness (QED) is 0.177. The van der Waals surface area contributed by atoms with Crippen LogP contribution in [-0.2, 0) is 25.4 Å². The van der Waals surface area contributed by atoms with Gasteiger partial charge in [0.05, 0.1) is 22.2 Å². The van der Waals surface area contributed by atoms with Gasteiger partial charge >= 0.3 is 11.9 Å². The minimum absolute atomic E-state index is 0.00299. The third kappa shape index (κ3) is 7.87. The predicted molar refractivity (Wildman–Crippen MR) is 176 cm³/mol. The van der Waals surface area contributed by atoms with Gasteiger partial charge in [-0.05, 0) is 62.1 Å². The Bertz CT molecular complexity index is 1810. The molecule has 0 bridgehead atoms. The monoisotopic (exact) mass is 708 g/mol. The highest BCUT2D eigenvalue weighted by molar-refractivity contribution is 7.88. The number of hydrogen-bond donors (Lipinski definition) is 5. The Hall–Kier alpha value is -3.76. The summed E-state index contributed by atoms with van der Waals surface area (Å²) in [6.45, 7) is 4.19. The summed E-state index contributed by atoms with van der Waals surface area (Å²) in [5.74, 6) is -4.34. The SMILES string of the molecule is CC1(C)C[C@H](Nc2cccc(-c3sc(C(=O)O)c(OCC(=O)O)c3Cl)c2)CCN1S(=O)(=O)Cc1ccc(F)c(NC(=O)C2CNC2)c1. The van der Waals surface area contributed by atoms with Gasteiger partial charge in [-0.15, -0.1) is 11.3 Å². The van der Waals surface area contributed by atoms with Gasteiger partial charge in [0.15, 0.2) is 17.2 Å². The zero-order valence-corrected chi connectivity index (χ0v) is 27.9. The largest absolute Gasteiger partial charge is 0.479 e. The second kappa shape index (κ2) is 13.8. The summed E-state index contributed by atoms with van der Waals surface area (Å²) in [5, 5.41) is 27.6. The van der Waals surface area contributed by atoms with E-state index in [1.807, 2.05) is 19.9 Å². The number of amides is 1. The average molecular weight is 709 g/mol. The predicted octanol–water partition coefficient (Wildman–Crippen LogP) is 4.71. The molecular formula is C31H34ClFN4O8S2. The second-order valence-corrected chi connectivity index (χ2v) is 15.4. The Balaban J connectivity index is 1.27. The summed E-state index contributed by atoms with van der Waals surface area (Å²) in [4.78, 5) is 35.3. The lowest BCUT2D eigenvalue weighted by atomic mass is 9.89. The number of nitrogens with one attached hydrogen (secondary N) is 3. The van der Waals surface area contributed by atoms with Crippen LogP contribution in [0.2, 0.25) is 5.02 Å². The van der Waals surface area contributed by atoms with Gasteiger partial charge in [0.25, 0.3) is 0 Å². The van der Waals surface area contributed by atoms with Crippen molar-refractivity contribution in [2.24, 2.45) is 5.92 Å². The maximum atomic E-state index is 14.4. The number of benzene rings is 2. The van der Waals surface area contributed by atoms with Crippen molar-refractivity contribution in [2.75, 3.05) is 36.9 Å². The van der Waals surface area contributed by atoms with Crippen LogP contribution in [0, 0.1) is 11.7 Å². The minimum atomic E-state index is -3.82. The molecule has 0 spiro atoms. The van der Waals surface area contributed by atoms with Crippen molar-refractivity contribution in [1.82, 2.24) is 9.62 Å². The van der Waals surface area contributed by atoms with Gasteiger partial charge in [-0.2, -0.15) is 4.31 Å². The molecule has 3 aromatic rings. The van der Waals surface area contributed by atoms with Crippen molar-refractivity contribution in [2.45, 2.75) is 44.0 Å². The van der Waals surface area contributed by atoms with Crippen LogP contribution in [-0.4, -0.2) is 78.6 Å². The summed E-state index contributed by atoms with van der Waals surface area (Å²) in [7, 11) is -3.82. The molecule has 0 saturated carbocycles. The zero-order valence-electron chi connectivity index (χ0n) is 25.5. The molecule has 1 aromatic heterocycles. The number of rotatable bonds is 12. The van der Waals surface area contributed by atoms with Gasteiger partial charge in [-0.1, -0.05) is 29.8 Å². The van der Waals surface area contributed by atoms with Gasteiger partial charge in [-0.3, -0.25) is 4.79 Å². The number of aromatic carboxylic acids is 1. The van der Waals surface area contributed by atoms with Gasteiger partial charge in [-0.25, -0.2) is 22.4 Å². The summed E-state index contributed by atoms with van der Waals surface area (Å²) < 4.78 is 48.4. The third-order valence-corrected chi connectivity index (χ3v) is 11.8. The molecule has 0 radical (unpaired) electrons. The fraction of sp³-hybridized carbons (Fsp3) is 0.387. The molecule has 47 heavy (non-hydrogen) atoms. The molecule has 2 saturated heterocycles. The lowest BCUT2D eigenvalue weighted by molar-refractivity contribution is -0.139. The number of aliphatic carboxylic acids is 1. The van der Waals surface area contributed by atoms with E-state index in [9.17, 15) is 32.3 Å². The van der Waals surface area contributed by atoms with Crippen LogP contribution in [0.4, 0.5) is 15.8 Å². The average Bonchev–Trinajstić information content (AvgIpc) is 3.28. The Morgan fingerprint density at radius 2 is 1.91 bits per heavy atom. The van der Waals surface area contributed by atoms with Crippen molar-refractivity contribution in [3.63, 3.8) is 0 Å². The fourth-order valence-electron chi connectivity index (χ4n) is 5.75. The molecule has 5 rings (SSSR count). The van der Waals surface area contributed by atoms with Crippen molar-refractivity contribution < 1.29 is 42.1 Å². The van der Waals surface area contributed by atoms with Crippen molar-refractivity contribution in [1.29, 1.82) is 0 Å². The Morgan fingerprint density at radius 1 is 1.17 bits per heavy atom. The molecule has 1 amide bonds. The smallest absolute Gasteiger partial charge is 0.349 e. The summed E-state index contributed by atoms with van der Waals surface area (Å²) in [5.41, 5.74) is 0.829. The molecule has 252 valence electrons. The van der Waals surface area contributed by atoms with E-state index in [0.29, 0.717) is 47.6 Å². The molecule has 0 aliphatic carbocycles. The number of ether oxygens (including phenoxy) is 1. The number of piperidine rings is 1. The van der Waals surface area contributed by atoms with Gasteiger partial charge in [0.2, 0.25) is 15.9 Å². The molecule has 16 heteroatoms. The minimum Gasteiger partial charge on any atom is -0.479 e. The molecule has 2 aliphatic heterocycles. The lowest BCUT2D eigenvalue weighted by Gasteiger charge is -2.45. The molecule has 2 aliphatic rings. The summed E-state index contributed by atoms with van der Waals surface area (Å²) in [6.07, 6.45) is 0.954. The van der Waals surface area contributed by atoms with E-state index >= 15 is 0 Å². The van der Waals surface area contributed by atoms with E-state index in [4.69, 9.17) is 21.4 Å². The molecule has 3 heterocycles. The van der Waals surface area contributed by atoms with E-state index in [2.05, 4.69) is 16.0 Å². The van der Waals surface area contributed by atoms with Crippen molar-refractivity contribution >= 4 is 62.2 Å². The molecule has 2 fully saturated rings. The highest BCUT2D eigenvalue weighted by Gasteiger charge is 2.41. The number of hydrogen-bond acceptors (Lipinski definition) is 9. The second-order valence-electron chi connectivity index (χ2n) is 12.1. The number of nitrogens with zero attached hydrogens (tertiary/aromatic N) is 1. The van der Waals surface area contributed by atoms with E-state index in [0.717, 1.165) is 17.4 Å². The molecule has 5 N–H and O–H groups in total. The number of anilines is 2. The first-order valence-corrected chi connectivity index (χ1v) is 17.5. The maximum absolute atomic E-state index is 14.4. The lowest BCUT2D eigenvalue weighted by Crippen LogP contribution is -2.55. The van der Waals surface area contributed by atoms with Crippen LogP contribution in [0.3, 0.4) is 0 Å². The first kappa shape index (κ1) is 34.6. The van der Waals surface area contributed by atoms with E-state index in [-0.39, 0.29) is 51.5 Å². The molecular weight excluding hydrogens is 675 g/mol. The molecule has 0 unspecified atom stereocenters.